The van der Waals surface area contributed by atoms with E-state index < -0.39 is 0 Å². The molecule has 0 saturated carbocycles. The van der Waals surface area contributed by atoms with E-state index in [0.717, 1.165) is 23.7 Å². The van der Waals surface area contributed by atoms with Crippen molar-refractivity contribution in [3.05, 3.63) is 35.6 Å². The van der Waals surface area contributed by atoms with Gasteiger partial charge in [-0.25, -0.2) is 0 Å². The third-order valence-electron chi connectivity index (χ3n) is 2.15. The largest absolute Gasteiger partial charge is 0.493 e. The minimum absolute atomic E-state index is 0.810. The van der Waals surface area contributed by atoms with Crippen molar-refractivity contribution >= 4 is 0 Å². The van der Waals surface area contributed by atoms with Crippen molar-refractivity contribution in [2.75, 3.05) is 7.11 Å². The Labute approximate surface area is 77.8 Å². The van der Waals surface area contributed by atoms with E-state index in [1.54, 1.807) is 7.11 Å². The standard InChI is InChI=1S/C11H12O2/c1-8-6-7-9-4-3-5-10(12-2)11(9)13-8/h3-6H,7H2,1-2H3. The van der Waals surface area contributed by atoms with E-state index in [1.807, 2.05) is 19.1 Å². The monoisotopic (exact) mass is 176 g/mol. The van der Waals surface area contributed by atoms with E-state index >= 15 is 0 Å². The average Bonchev–Trinajstić information content (AvgIpc) is 2.17. The normalized spacial score (nSPS) is 14.2. The maximum absolute atomic E-state index is 5.59. The summed E-state index contributed by atoms with van der Waals surface area (Å²) in [4.78, 5) is 0. The zero-order valence-electron chi connectivity index (χ0n) is 7.83. The number of allylic oxidation sites excluding steroid dienone is 2. The van der Waals surface area contributed by atoms with Gasteiger partial charge in [0, 0.05) is 5.56 Å². The van der Waals surface area contributed by atoms with Gasteiger partial charge >= 0.3 is 0 Å². The van der Waals surface area contributed by atoms with Gasteiger partial charge in [0.1, 0.15) is 0 Å². The van der Waals surface area contributed by atoms with Crippen molar-refractivity contribution in [3.63, 3.8) is 0 Å². The number of benzene rings is 1. The summed E-state index contributed by atoms with van der Waals surface area (Å²) in [5, 5.41) is 0. The fourth-order valence-electron chi connectivity index (χ4n) is 1.45. The van der Waals surface area contributed by atoms with E-state index in [9.17, 15) is 0 Å². The lowest BCUT2D eigenvalue weighted by Crippen LogP contribution is -2.03. The zero-order chi connectivity index (χ0) is 9.26. The van der Waals surface area contributed by atoms with Crippen LogP contribution in [0.2, 0.25) is 0 Å². The summed E-state index contributed by atoms with van der Waals surface area (Å²) < 4.78 is 10.8. The lowest BCUT2D eigenvalue weighted by Gasteiger charge is -2.18. The highest BCUT2D eigenvalue weighted by molar-refractivity contribution is 5.49. The van der Waals surface area contributed by atoms with Crippen LogP contribution in [-0.2, 0) is 6.42 Å². The van der Waals surface area contributed by atoms with Gasteiger partial charge in [-0.2, -0.15) is 0 Å². The highest BCUT2D eigenvalue weighted by atomic mass is 16.5. The molecule has 0 aliphatic carbocycles. The number of fused-ring (bicyclic) bond motifs is 1. The van der Waals surface area contributed by atoms with Crippen LogP contribution in [0.25, 0.3) is 0 Å². The first kappa shape index (κ1) is 8.17. The Kier molecular flexibility index (Phi) is 1.97. The van der Waals surface area contributed by atoms with Crippen LogP contribution in [0.15, 0.2) is 30.0 Å². The van der Waals surface area contributed by atoms with Crippen LogP contribution in [0, 0.1) is 0 Å². The Balaban J connectivity index is 2.46. The number of ether oxygens (including phenoxy) is 2. The molecule has 2 rings (SSSR count). The third kappa shape index (κ3) is 1.39. The Hall–Kier alpha value is -1.44. The second-order valence-corrected chi connectivity index (χ2v) is 3.07. The quantitative estimate of drug-likeness (QED) is 0.654. The Bertz CT molecular complexity index is 353. The molecule has 0 saturated heterocycles. The highest BCUT2D eigenvalue weighted by Crippen LogP contribution is 2.35. The topological polar surface area (TPSA) is 18.5 Å². The van der Waals surface area contributed by atoms with Crippen LogP contribution in [0.4, 0.5) is 0 Å². The van der Waals surface area contributed by atoms with Gasteiger partial charge in [-0.15, -0.1) is 0 Å². The van der Waals surface area contributed by atoms with Crippen molar-refractivity contribution in [1.29, 1.82) is 0 Å². The number of para-hydroxylation sites is 1. The van der Waals surface area contributed by atoms with Crippen molar-refractivity contribution < 1.29 is 9.47 Å². The molecule has 0 amide bonds. The minimum Gasteiger partial charge on any atom is -0.493 e. The summed E-state index contributed by atoms with van der Waals surface area (Å²) >= 11 is 0. The predicted octanol–water partition coefficient (Wildman–Crippen LogP) is 2.53. The van der Waals surface area contributed by atoms with E-state index in [1.165, 1.54) is 5.56 Å². The van der Waals surface area contributed by atoms with Crippen LogP contribution >= 0.6 is 0 Å². The summed E-state index contributed by atoms with van der Waals surface area (Å²) in [5.41, 5.74) is 1.19. The molecular weight excluding hydrogens is 164 g/mol. The second-order valence-electron chi connectivity index (χ2n) is 3.07. The summed E-state index contributed by atoms with van der Waals surface area (Å²) in [6.07, 6.45) is 3.00. The lowest BCUT2D eigenvalue weighted by atomic mass is 10.1. The molecule has 0 atom stereocenters. The number of rotatable bonds is 1. The number of hydrogen-bond acceptors (Lipinski definition) is 2. The van der Waals surface area contributed by atoms with Gasteiger partial charge in [0.05, 0.1) is 12.9 Å². The third-order valence-corrected chi connectivity index (χ3v) is 2.15. The van der Waals surface area contributed by atoms with E-state index in [4.69, 9.17) is 9.47 Å². The van der Waals surface area contributed by atoms with Crippen LogP contribution in [0.1, 0.15) is 12.5 Å². The van der Waals surface area contributed by atoms with Crippen molar-refractivity contribution in [1.82, 2.24) is 0 Å². The number of methoxy groups -OCH3 is 1. The molecule has 2 nitrogen and oxygen atoms in total. The molecule has 1 aliphatic rings. The van der Waals surface area contributed by atoms with E-state index in [2.05, 4.69) is 12.1 Å². The van der Waals surface area contributed by atoms with Crippen molar-refractivity contribution in [3.8, 4) is 11.5 Å². The molecule has 0 radical (unpaired) electrons. The first-order valence-electron chi connectivity index (χ1n) is 4.32. The predicted molar refractivity (Wildman–Crippen MR) is 51.1 cm³/mol. The maximum Gasteiger partial charge on any atom is 0.172 e. The summed E-state index contributed by atoms with van der Waals surface area (Å²) in [6, 6.07) is 5.95. The fourth-order valence-corrected chi connectivity index (χ4v) is 1.45. The minimum atomic E-state index is 0.810. The fraction of sp³-hybridized carbons (Fsp3) is 0.273. The highest BCUT2D eigenvalue weighted by Gasteiger charge is 2.13. The van der Waals surface area contributed by atoms with Gasteiger partial charge in [-0.05, 0) is 25.5 Å². The zero-order valence-corrected chi connectivity index (χ0v) is 7.83. The SMILES string of the molecule is COc1cccc2c1OC(C)=CC2. The maximum atomic E-state index is 5.59. The molecule has 1 aliphatic heterocycles. The molecule has 0 bridgehead atoms. The molecule has 1 heterocycles. The molecule has 0 N–H and O–H groups in total. The first-order valence-corrected chi connectivity index (χ1v) is 4.32. The molecule has 1 aromatic rings. The second kappa shape index (κ2) is 3.13. The van der Waals surface area contributed by atoms with E-state index in [-0.39, 0.29) is 0 Å². The summed E-state index contributed by atoms with van der Waals surface area (Å²) in [6.45, 7) is 1.95. The molecule has 0 unspecified atom stereocenters. The first-order chi connectivity index (χ1) is 6.31. The lowest BCUT2D eigenvalue weighted by molar-refractivity contribution is 0.353. The van der Waals surface area contributed by atoms with Crippen molar-refractivity contribution in [2.24, 2.45) is 0 Å². The van der Waals surface area contributed by atoms with Gasteiger partial charge in [-0.1, -0.05) is 12.1 Å². The summed E-state index contributed by atoms with van der Waals surface area (Å²) in [5.74, 6) is 2.62. The molecule has 0 fully saturated rings. The van der Waals surface area contributed by atoms with Gasteiger partial charge < -0.3 is 9.47 Å². The Morgan fingerprint density at radius 2 is 2.23 bits per heavy atom. The van der Waals surface area contributed by atoms with Gasteiger partial charge in [0.25, 0.3) is 0 Å². The average molecular weight is 176 g/mol. The Morgan fingerprint density at radius 3 is 3.00 bits per heavy atom. The summed E-state index contributed by atoms with van der Waals surface area (Å²) in [7, 11) is 1.66. The molecular formula is C11H12O2. The van der Waals surface area contributed by atoms with Gasteiger partial charge in [0.15, 0.2) is 11.5 Å². The van der Waals surface area contributed by atoms with Crippen LogP contribution in [0.3, 0.4) is 0 Å². The molecule has 2 heteroatoms. The molecule has 0 aromatic heterocycles. The van der Waals surface area contributed by atoms with E-state index in [0.29, 0.717) is 0 Å². The molecule has 0 spiro atoms. The van der Waals surface area contributed by atoms with Crippen LogP contribution in [0.5, 0.6) is 11.5 Å². The van der Waals surface area contributed by atoms with Crippen molar-refractivity contribution in [2.45, 2.75) is 13.3 Å². The van der Waals surface area contributed by atoms with Gasteiger partial charge in [0.2, 0.25) is 0 Å². The molecule has 1 aromatic carbocycles. The van der Waals surface area contributed by atoms with Crippen LogP contribution in [-0.4, -0.2) is 7.11 Å². The molecule has 13 heavy (non-hydrogen) atoms. The number of hydrogen-bond donors (Lipinski definition) is 0. The van der Waals surface area contributed by atoms with Crippen LogP contribution < -0.4 is 9.47 Å². The van der Waals surface area contributed by atoms with Gasteiger partial charge in [-0.3, -0.25) is 0 Å². The molecule has 68 valence electrons. The Morgan fingerprint density at radius 1 is 1.38 bits per heavy atom. The smallest absolute Gasteiger partial charge is 0.172 e.